The van der Waals surface area contributed by atoms with Gasteiger partial charge in [-0.1, -0.05) is 25.1 Å². The molecule has 1 fully saturated rings. The summed E-state index contributed by atoms with van der Waals surface area (Å²) in [4.78, 5) is 39.8. The molecule has 1 aliphatic heterocycles. The van der Waals surface area contributed by atoms with Gasteiger partial charge in [0.25, 0.3) is 11.8 Å². The fraction of sp³-hybridized carbons (Fsp3) is 0.417. The third kappa shape index (κ3) is 5.69. The Morgan fingerprint density at radius 2 is 2.03 bits per heavy atom. The standard InChI is InChI=1S/C24H31FN4O3/c1-5-24(2,3)29-11-10-21(26)20(23(29)32)14-27-13-17(12-25)15-28(4)22(31)19-9-7-6-8-18(19)16-30/h6-9,12,14,16,26-27H,5,10-11,13,15H2,1-4H3/b17-12-,20-14+,26-21?. The summed E-state index contributed by atoms with van der Waals surface area (Å²) < 4.78 is 13.5. The maximum Gasteiger partial charge on any atom is 0.257 e. The summed E-state index contributed by atoms with van der Waals surface area (Å²) in [6.45, 7) is 6.55. The van der Waals surface area contributed by atoms with Crippen molar-refractivity contribution in [2.75, 3.05) is 26.7 Å². The van der Waals surface area contributed by atoms with Gasteiger partial charge >= 0.3 is 0 Å². The first-order valence-corrected chi connectivity index (χ1v) is 10.6. The van der Waals surface area contributed by atoms with Gasteiger partial charge in [-0.15, -0.1) is 0 Å². The van der Waals surface area contributed by atoms with Crippen LogP contribution in [0.2, 0.25) is 0 Å². The Morgan fingerprint density at radius 1 is 1.34 bits per heavy atom. The molecule has 0 atom stereocenters. The van der Waals surface area contributed by atoms with Gasteiger partial charge in [-0.2, -0.15) is 0 Å². The van der Waals surface area contributed by atoms with Crippen LogP contribution >= 0.6 is 0 Å². The van der Waals surface area contributed by atoms with Crippen molar-refractivity contribution >= 4 is 23.8 Å². The van der Waals surface area contributed by atoms with E-state index in [1.807, 2.05) is 20.8 Å². The Kier molecular flexibility index (Phi) is 8.46. The van der Waals surface area contributed by atoms with Gasteiger partial charge in [-0.3, -0.25) is 14.4 Å². The minimum atomic E-state index is -0.396. The normalized spacial score (nSPS) is 16.3. The van der Waals surface area contributed by atoms with Crippen molar-refractivity contribution in [2.45, 2.75) is 39.2 Å². The number of aldehydes is 1. The van der Waals surface area contributed by atoms with E-state index in [4.69, 9.17) is 5.41 Å². The van der Waals surface area contributed by atoms with Crippen molar-refractivity contribution in [1.82, 2.24) is 15.1 Å². The topological polar surface area (TPSA) is 93.6 Å². The first-order valence-electron chi connectivity index (χ1n) is 10.6. The van der Waals surface area contributed by atoms with Gasteiger partial charge in [0, 0.05) is 56.1 Å². The number of rotatable bonds is 9. The molecule has 2 rings (SSSR count). The zero-order chi connectivity index (χ0) is 23.9. The first-order chi connectivity index (χ1) is 15.2. The number of carbonyl (C=O) groups is 3. The fourth-order valence-corrected chi connectivity index (χ4v) is 3.44. The molecule has 0 aliphatic carbocycles. The Balaban J connectivity index is 2.04. The summed E-state index contributed by atoms with van der Waals surface area (Å²) in [7, 11) is 1.52. The van der Waals surface area contributed by atoms with Gasteiger partial charge in [0.2, 0.25) is 0 Å². The highest BCUT2D eigenvalue weighted by molar-refractivity contribution is 6.22. The zero-order valence-electron chi connectivity index (χ0n) is 19.1. The van der Waals surface area contributed by atoms with E-state index in [1.165, 1.54) is 18.1 Å². The van der Waals surface area contributed by atoms with Crippen LogP contribution < -0.4 is 5.32 Å². The molecule has 1 heterocycles. The van der Waals surface area contributed by atoms with Crippen LogP contribution in [0.15, 0.2) is 47.9 Å². The lowest BCUT2D eigenvalue weighted by molar-refractivity contribution is -0.132. The first kappa shape index (κ1) is 25.0. The number of hydrogen-bond donors (Lipinski definition) is 2. The van der Waals surface area contributed by atoms with Crippen LogP contribution in [0, 0.1) is 5.41 Å². The van der Waals surface area contributed by atoms with Crippen molar-refractivity contribution < 1.29 is 18.8 Å². The second-order valence-corrected chi connectivity index (χ2v) is 8.42. The molecule has 8 heteroatoms. The van der Waals surface area contributed by atoms with E-state index in [-0.39, 0.29) is 52.5 Å². The molecule has 1 aromatic carbocycles. The van der Waals surface area contributed by atoms with Crippen LogP contribution in [0.5, 0.6) is 0 Å². The highest BCUT2D eigenvalue weighted by Crippen LogP contribution is 2.25. The lowest BCUT2D eigenvalue weighted by Gasteiger charge is -2.41. The van der Waals surface area contributed by atoms with Crippen molar-refractivity contribution in [1.29, 1.82) is 5.41 Å². The number of nitrogens with one attached hydrogen (secondary N) is 2. The molecule has 1 aromatic rings. The number of amides is 2. The van der Waals surface area contributed by atoms with Crippen LogP contribution in [-0.2, 0) is 4.79 Å². The Hall–Kier alpha value is -3.29. The molecule has 2 amide bonds. The highest BCUT2D eigenvalue weighted by atomic mass is 19.1. The van der Waals surface area contributed by atoms with Crippen LogP contribution in [-0.4, -0.2) is 65.8 Å². The maximum atomic E-state index is 13.5. The van der Waals surface area contributed by atoms with Gasteiger partial charge in [0.15, 0.2) is 6.29 Å². The van der Waals surface area contributed by atoms with Crippen molar-refractivity contribution in [2.24, 2.45) is 0 Å². The van der Waals surface area contributed by atoms with E-state index in [1.54, 1.807) is 29.2 Å². The number of likely N-dealkylation sites (tertiary alicyclic amines) is 1. The average Bonchev–Trinajstić information content (AvgIpc) is 2.79. The lowest BCUT2D eigenvalue weighted by Crippen LogP contribution is -2.52. The molecule has 2 N–H and O–H groups in total. The molecule has 0 aromatic heterocycles. The Morgan fingerprint density at radius 3 is 2.66 bits per heavy atom. The SMILES string of the molecule is CCC(C)(C)N1CCC(=N)/C(=C\NC/C(=C/F)CN(C)C(=O)c2ccccc2C=O)C1=O. The predicted octanol–water partition coefficient (Wildman–Crippen LogP) is 3.34. The molecule has 1 saturated heterocycles. The summed E-state index contributed by atoms with van der Waals surface area (Å²) in [5.41, 5.74) is 0.989. The Bertz CT molecular complexity index is 952. The van der Waals surface area contributed by atoms with Crippen LogP contribution in [0.25, 0.3) is 0 Å². The number of halogens is 1. The lowest BCUT2D eigenvalue weighted by atomic mass is 9.93. The summed E-state index contributed by atoms with van der Waals surface area (Å²) in [5, 5.41) is 11.0. The number of likely N-dealkylation sites (N-methyl/N-ethyl adjacent to an activating group) is 1. The van der Waals surface area contributed by atoms with Crippen LogP contribution in [0.3, 0.4) is 0 Å². The van der Waals surface area contributed by atoms with E-state index >= 15 is 0 Å². The van der Waals surface area contributed by atoms with E-state index in [9.17, 15) is 18.8 Å². The van der Waals surface area contributed by atoms with Crippen molar-refractivity contribution in [3.8, 4) is 0 Å². The number of nitrogens with zero attached hydrogens (tertiary/aromatic N) is 2. The molecule has 7 nitrogen and oxygen atoms in total. The summed E-state index contributed by atoms with van der Waals surface area (Å²) in [6, 6.07) is 6.42. The fourth-order valence-electron chi connectivity index (χ4n) is 3.44. The van der Waals surface area contributed by atoms with E-state index in [2.05, 4.69) is 5.32 Å². The molecular weight excluding hydrogens is 411 g/mol. The predicted molar refractivity (Wildman–Crippen MR) is 122 cm³/mol. The van der Waals surface area contributed by atoms with Gasteiger partial charge < -0.3 is 20.5 Å². The molecule has 0 bridgehead atoms. The van der Waals surface area contributed by atoms with E-state index in [0.717, 1.165) is 6.42 Å². The Labute approximate surface area is 188 Å². The van der Waals surface area contributed by atoms with Gasteiger partial charge in [0.05, 0.1) is 17.5 Å². The molecule has 0 radical (unpaired) electrons. The number of benzene rings is 1. The van der Waals surface area contributed by atoms with Crippen LogP contribution in [0.4, 0.5) is 4.39 Å². The van der Waals surface area contributed by atoms with E-state index in [0.29, 0.717) is 25.6 Å². The third-order valence-electron chi connectivity index (χ3n) is 5.82. The van der Waals surface area contributed by atoms with Gasteiger partial charge in [-0.25, -0.2) is 4.39 Å². The largest absolute Gasteiger partial charge is 0.386 e. The maximum absolute atomic E-state index is 13.5. The summed E-state index contributed by atoms with van der Waals surface area (Å²) in [6.07, 6.45) is 3.73. The minimum Gasteiger partial charge on any atom is -0.386 e. The minimum absolute atomic E-state index is 0.000911. The van der Waals surface area contributed by atoms with Crippen molar-refractivity contribution in [3.63, 3.8) is 0 Å². The molecule has 1 aliphatic rings. The van der Waals surface area contributed by atoms with Crippen LogP contribution in [0.1, 0.15) is 54.3 Å². The van der Waals surface area contributed by atoms with E-state index < -0.39 is 5.91 Å². The third-order valence-corrected chi connectivity index (χ3v) is 5.82. The second-order valence-electron chi connectivity index (χ2n) is 8.42. The summed E-state index contributed by atoms with van der Waals surface area (Å²) in [5.74, 6) is -0.615. The summed E-state index contributed by atoms with van der Waals surface area (Å²) >= 11 is 0. The molecule has 0 unspecified atom stereocenters. The molecule has 0 saturated carbocycles. The molecule has 32 heavy (non-hydrogen) atoms. The zero-order valence-corrected chi connectivity index (χ0v) is 19.1. The quantitative estimate of drug-likeness (QED) is 0.453. The molecular formula is C24H31FN4O3. The smallest absolute Gasteiger partial charge is 0.257 e. The molecule has 172 valence electrons. The van der Waals surface area contributed by atoms with Crippen molar-refractivity contribution in [3.05, 3.63) is 59.1 Å². The average molecular weight is 443 g/mol. The van der Waals surface area contributed by atoms with Gasteiger partial charge in [-0.05, 0) is 31.9 Å². The second kappa shape index (κ2) is 10.8. The number of piperidine rings is 1. The highest BCUT2D eigenvalue weighted by Gasteiger charge is 2.35. The number of hydrogen-bond acceptors (Lipinski definition) is 5. The number of carbonyl (C=O) groups excluding carboxylic acids is 3. The monoisotopic (exact) mass is 442 g/mol. The van der Waals surface area contributed by atoms with Gasteiger partial charge in [0.1, 0.15) is 0 Å². The molecule has 0 spiro atoms.